The van der Waals surface area contributed by atoms with Gasteiger partial charge in [-0.2, -0.15) is 0 Å². The van der Waals surface area contributed by atoms with Crippen molar-refractivity contribution in [1.82, 2.24) is 0 Å². The first-order chi connectivity index (χ1) is 10.0. The zero-order valence-electron chi connectivity index (χ0n) is 11.8. The second-order valence-electron chi connectivity index (χ2n) is 5.17. The number of sulfonamides is 1. The summed E-state index contributed by atoms with van der Waals surface area (Å²) in [5.41, 5.74) is 2.72. The second kappa shape index (κ2) is 5.50. The smallest absolute Gasteiger partial charge is 0.232 e. The van der Waals surface area contributed by atoms with Crippen molar-refractivity contribution in [1.29, 1.82) is 0 Å². The van der Waals surface area contributed by atoms with E-state index in [4.69, 9.17) is 4.74 Å². The number of benzene rings is 2. The molecule has 110 valence electrons. The Labute approximate surface area is 125 Å². The maximum atomic E-state index is 12.1. The SMILES string of the molecule is CS(=O)(=O)N(Cc1ccccc1)c1ccc(C2CO2)cc1. The first-order valence-corrected chi connectivity index (χ1v) is 8.62. The van der Waals surface area contributed by atoms with Gasteiger partial charge in [-0.3, -0.25) is 4.31 Å². The summed E-state index contributed by atoms with van der Waals surface area (Å²) in [6, 6.07) is 17.1. The highest BCUT2D eigenvalue weighted by atomic mass is 32.2. The standard InChI is InChI=1S/C16H17NO3S/c1-21(18,19)17(11-13-5-3-2-4-6-13)15-9-7-14(8-10-15)16-12-20-16/h2-10,16H,11-12H2,1H3. The summed E-state index contributed by atoms with van der Waals surface area (Å²) in [5.74, 6) is 0. The van der Waals surface area contributed by atoms with Crippen LogP contribution >= 0.6 is 0 Å². The van der Waals surface area contributed by atoms with Gasteiger partial charge >= 0.3 is 0 Å². The second-order valence-corrected chi connectivity index (χ2v) is 7.08. The molecule has 0 spiro atoms. The van der Waals surface area contributed by atoms with Crippen molar-refractivity contribution in [3.63, 3.8) is 0 Å². The fourth-order valence-electron chi connectivity index (χ4n) is 2.25. The lowest BCUT2D eigenvalue weighted by molar-refractivity contribution is 0.415. The molecule has 0 saturated carbocycles. The molecule has 3 rings (SSSR count). The van der Waals surface area contributed by atoms with Crippen LogP contribution in [0.15, 0.2) is 54.6 Å². The van der Waals surface area contributed by atoms with Crippen molar-refractivity contribution in [2.45, 2.75) is 12.6 Å². The number of epoxide rings is 1. The van der Waals surface area contributed by atoms with Gasteiger partial charge in [-0.15, -0.1) is 0 Å². The molecule has 0 bridgehead atoms. The summed E-state index contributed by atoms with van der Waals surface area (Å²) >= 11 is 0. The number of anilines is 1. The molecule has 1 unspecified atom stereocenters. The fraction of sp³-hybridized carbons (Fsp3) is 0.250. The van der Waals surface area contributed by atoms with Gasteiger partial charge in [0.25, 0.3) is 0 Å². The predicted molar refractivity (Wildman–Crippen MR) is 82.6 cm³/mol. The van der Waals surface area contributed by atoms with Gasteiger partial charge in [-0.25, -0.2) is 8.42 Å². The minimum Gasteiger partial charge on any atom is -0.368 e. The lowest BCUT2D eigenvalue weighted by atomic mass is 10.1. The summed E-state index contributed by atoms with van der Waals surface area (Å²) in [6.45, 7) is 1.08. The van der Waals surface area contributed by atoms with E-state index in [0.29, 0.717) is 12.2 Å². The van der Waals surface area contributed by atoms with Crippen LogP contribution in [0.2, 0.25) is 0 Å². The van der Waals surface area contributed by atoms with Crippen LogP contribution in [0.1, 0.15) is 17.2 Å². The van der Waals surface area contributed by atoms with E-state index in [1.807, 2.05) is 54.6 Å². The van der Waals surface area contributed by atoms with Gasteiger partial charge in [0, 0.05) is 0 Å². The van der Waals surface area contributed by atoms with Crippen molar-refractivity contribution in [3.05, 3.63) is 65.7 Å². The van der Waals surface area contributed by atoms with E-state index in [0.717, 1.165) is 17.7 Å². The first-order valence-electron chi connectivity index (χ1n) is 6.77. The molecular formula is C16H17NO3S. The molecule has 2 aromatic rings. The van der Waals surface area contributed by atoms with Gasteiger partial charge in [0.1, 0.15) is 6.10 Å². The number of rotatable bonds is 5. The molecule has 0 radical (unpaired) electrons. The summed E-state index contributed by atoms with van der Waals surface area (Å²) in [5, 5.41) is 0. The molecule has 1 heterocycles. The average Bonchev–Trinajstić information content (AvgIpc) is 3.30. The highest BCUT2D eigenvalue weighted by Gasteiger charge is 2.25. The van der Waals surface area contributed by atoms with Gasteiger partial charge in [-0.05, 0) is 23.3 Å². The predicted octanol–water partition coefficient (Wildman–Crippen LogP) is 2.72. The third-order valence-corrected chi connectivity index (χ3v) is 4.60. The van der Waals surface area contributed by atoms with Gasteiger partial charge in [0.05, 0.1) is 25.1 Å². The summed E-state index contributed by atoms with van der Waals surface area (Å²) in [7, 11) is -3.33. The maximum Gasteiger partial charge on any atom is 0.232 e. The molecule has 4 nitrogen and oxygen atoms in total. The van der Waals surface area contributed by atoms with Crippen molar-refractivity contribution in [2.24, 2.45) is 0 Å². The molecule has 21 heavy (non-hydrogen) atoms. The van der Waals surface area contributed by atoms with E-state index in [1.165, 1.54) is 10.6 Å². The van der Waals surface area contributed by atoms with Crippen LogP contribution in [-0.4, -0.2) is 21.3 Å². The average molecular weight is 303 g/mol. The van der Waals surface area contributed by atoms with E-state index in [1.54, 1.807) is 0 Å². The minimum atomic E-state index is -3.33. The summed E-state index contributed by atoms with van der Waals surface area (Å²) in [6.07, 6.45) is 1.41. The Hall–Kier alpha value is -1.85. The number of ether oxygens (including phenoxy) is 1. The first kappa shape index (κ1) is 14.1. The monoisotopic (exact) mass is 303 g/mol. The Bertz CT molecular complexity index is 707. The van der Waals surface area contributed by atoms with Crippen LogP contribution in [0.3, 0.4) is 0 Å². The van der Waals surface area contributed by atoms with E-state index in [2.05, 4.69) is 0 Å². The van der Waals surface area contributed by atoms with Gasteiger partial charge in [-0.1, -0.05) is 42.5 Å². The topological polar surface area (TPSA) is 49.9 Å². The van der Waals surface area contributed by atoms with E-state index >= 15 is 0 Å². The van der Waals surface area contributed by atoms with Gasteiger partial charge in [0.2, 0.25) is 10.0 Å². The van der Waals surface area contributed by atoms with Crippen LogP contribution in [0, 0.1) is 0 Å². The van der Waals surface area contributed by atoms with Crippen molar-refractivity contribution >= 4 is 15.7 Å². The van der Waals surface area contributed by atoms with E-state index in [9.17, 15) is 8.42 Å². The van der Waals surface area contributed by atoms with Gasteiger partial charge in [0.15, 0.2) is 0 Å². The van der Waals surface area contributed by atoms with E-state index < -0.39 is 10.0 Å². The van der Waals surface area contributed by atoms with Crippen molar-refractivity contribution < 1.29 is 13.2 Å². The lowest BCUT2D eigenvalue weighted by Gasteiger charge is -2.22. The molecule has 1 aliphatic rings. The quantitative estimate of drug-likeness (QED) is 0.798. The molecule has 1 atom stereocenters. The molecule has 1 saturated heterocycles. The molecule has 1 aliphatic heterocycles. The van der Waals surface area contributed by atoms with Crippen LogP contribution in [0.4, 0.5) is 5.69 Å². The van der Waals surface area contributed by atoms with Crippen LogP contribution < -0.4 is 4.31 Å². The zero-order chi connectivity index (χ0) is 14.9. The molecule has 5 heteroatoms. The molecule has 0 aliphatic carbocycles. The van der Waals surface area contributed by atoms with Crippen LogP contribution in [0.5, 0.6) is 0 Å². The Kier molecular flexibility index (Phi) is 3.69. The normalized spacial score (nSPS) is 17.5. The molecule has 2 aromatic carbocycles. The highest BCUT2D eigenvalue weighted by Crippen LogP contribution is 2.31. The third kappa shape index (κ3) is 3.43. The highest BCUT2D eigenvalue weighted by molar-refractivity contribution is 7.92. The molecule has 0 N–H and O–H groups in total. The van der Waals surface area contributed by atoms with Crippen molar-refractivity contribution in [3.8, 4) is 0 Å². The number of hydrogen-bond acceptors (Lipinski definition) is 3. The lowest BCUT2D eigenvalue weighted by Crippen LogP contribution is -2.29. The fourth-order valence-corrected chi connectivity index (χ4v) is 3.13. The summed E-state index contributed by atoms with van der Waals surface area (Å²) < 4.78 is 30.8. The molecule has 1 fully saturated rings. The molecule has 0 aromatic heterocycles. The summed E-state index contributed by atoms with van der Waals surface area (Å²) in [4.78, 5) is 0. The Morgan fingerprint density at radius 2 is 1.71 bits per heavy atom. The zero-order valence-corrected chi connectivity index (χ0v) is 12.6. The molecular weight excluding hydrogens is 286 g/mol. The number of nitrogens with zero attached hydrogens (tertiary/aromatic N) is 1. The number of hydrogen-bond donors (Lipinski definition) is 0. The largest absolute Gasteiger partial charge is 0.368 e. The van der Waals surface area contributed by atoms with Gasteiger partial charge < -0.3 is 4.74 Å². The Balaban J connectivity index is 1.88. The minimum absolute atomic E-state index is 0.180. The molecule has 0 amide bonds. The van der Waals surface area contributed by atoms with Crippen LogP contribution in [0.25, 0.3) is 0 Å². The van der Waals surface area contributed by atoms with E-state index in [-0.39, 0.29) is 6.10 Å². The Morgan fingerprint density at radius 1 is 1.10 bits per heavy atom. The third-order valence-electron chi connectivity index (χ3n) is 3.46. The van der Waals surface area contributed by atoms with Crippen LogP contribution in [-0.2, 0) is 21.3 Å². The van der Waals surface area contributed by atoms with Crippen molar-refractivity contribution in [2.75, 3.05) is 17.2 Å². The Morgan fingerprint density at radius 3 is 2.24 bits per heavy atom. The maximum absolute atomic E-state index is 12.1.